The van der Waals surface area contributed by atoms with E-state index in [0.29, 0.717) is 25.9 Å². The smallest absolute Gasteiger partial charge is 0.321 e. The maximum absolute atomic E-state index is 12.5. The molecule has 0 radical (unpaired) electrons. The number of sulfonamides is 1. The van der Waals surface area contributed by atoms with Crippen LogP contribution in [0.1, 0.15) is 29.5 Å². The third-order valence-corrected chi connectivity index (χ3v) is 6.73. The Kier molecular flexibility index (Phi) is 6.05. The first-order chi connectivity index (χ1) is 13.2. The summed E-state index contributed by atoms with van der Waals surface area (Å²) in [4.78, 5) is 14.5. The molecule has 0 aromatic heterocycles. The quantitative estimate of drug-likeness (QED) is 0.822. The van der Waals surface area contributed by atoms with Crippen LogP contribution in [0.4, 0.5) is 10.5 Å². The van der Waals surface area contributed by atoms with Crippen LogP contribution in [0.2, 0.25) is 0 Å². The van der Waals surface area contributed by atoms with E-state index in [2.05, 4.69) is 10.0 Å². The summed E-state index contributed by atoms with van der Waals surface area (Å²) in [6, 6.07) is 12.3. The van der Waals surface area contributed by atoms with Gasteiger partial charge in [-0.1, -0.05) is 23.8 Å². The zero-order valence-corrected chi connectivity index (χ0v) is 17.3. The molecule has 0 unspecified atom stereocenters. The van der Waals surface area contributed by atoms with E-state index >= 15 is 0 Å². The van der Waals surface area contributed by atoms with Gasteiger partial charge in [0.05, 0.1) is 4.90 Å². The van der Waals surface area contributed by atoms with Gasteiger partial charge in [-0.3, -0.25) is 0 Å². The predicted molar refractivity (Wildman–Crippen MR) is 111 cm³/mol. The molecule has 0 atom stereocenters. The van der Waals surface area contributed by atoms with E-state index in [1.165, 1.54) is 5.56 Å². The van der Waals surface area contributed by atoms with Crippen LogP contribution in [-0.2, 0) is 10.0 Å². The lowest BCUT2D eigenvalue weighted by atomic mass is 10.1. The second-order valence-electron chi connectivity index (χ2n) is 7.42. The van der Waals surface area contributed by atoms with E-state index in [0.717, 1.165) is 16.8 Å². The Labute approximate surface area is 167 Å². The van der Waals surface area contributed by atoms with E-state index in [4.69, 9.17) is 0 Å². The van der Waals surface area contributed by atoms with Gasteiger partial charge in [0.25, 0.3) is 0 Å². The summed E-state index contributed by atoms with van der Waals surface area (Å²) >= 11 is 0. The average Bonchev–Trinajstić information content (AvgIpc) is 2.65. The molecule has 0 bridgehead atoms. The second kappa shape index (κ2) is 8.32. The first-order valence-electron chi connectivity index (χ1n) is 9.47. The highest BCUT2D eigenvalue weighted by Gasteiger charge is 2.26. The third kappa shape index (κ3) is 4.91. The number of benzene rings is 2. The van der Waals surface area contributed by atoms with Gasteiger partial charge in [0.15, 0.2) is 0 Å². The zero-order valence-electron chi connectivity index (χ0n) is 16.5. The van der Waals surface area contributed by atoms with Crippen molar-refractivity contribution in [2.75, 3.05) is 18.4 Å². The number of rotatable bonds is 4. The van der Waals surface area contributed by atoms with Gasteiger partial charge in [-0.15, -0.1) is 0 Å². The molecule has 1 heterocycles. The lowest BCUT2D eigenvalue weighted by molar-refractivity contribution is 0.193. The molecular weight excluding hydrogens is 374 g/mol. The number of piperidine rings is 1. The normalized spacial score (nSPS) is 15.5. The summed E-state index contributed by atoms with van der Waals surface area (Å²) in [5, 5.41) is 2.92. The number of anilines is 1. The van der Waals surface area contributed by atoms with Gasteiger partial charge >= 0.3 is 6.03 Å². The van der Waals surface area contributed by atoms with Crippen molar-refractivity contribution < 1.29 is 13.2 Å². The standard InChI is InChI=1S/C21H27N3O3S/c1-15-4-8-20(9-5-15)28(26,27)23-18-10-12-24(13-11-18)21(25)22-19-7-6-16(2)17(3)14-19/h4-9,14,18,23H,10-13H2,1-3H3,(H,22,25). The number of amides is 2. The number of aryl methyl sites for hydroxylation is 3. The summed E-state index contributed by atoms with van der Waals surface area (Å²) < 4.78 is 27.8. The summed E-state index contributed by atoms with van der Waals surface area (Å²) in [5.74, 6) is 0. The summed E-state index contributed by atoms with van der Waals surface area (Å²) in [6.07, 6.45) is 1.18. The fourth-order valence-electron chi connectivity index (χ4n) is 3.23. The van der Waals surface area contributed by atoms with Crippen LogP contribution in [0.3, 0.4) is 0 Å². The second-order valence-corrected chi connectivity index (χ2v) is 9.14. The van der Waals surface area contributed by atoms with Gasteiger partial charge in [-0.25, -0.2) is 17.9 Å². The fourth-order valence-corrected chi connectivity index (χ4v) is 4.53. The van der Waals surface area contributed by atoms with Gasteiger partial charge in [-0.05, 0) is 69.0 Å². The topological polar surface area (TPSA) is 78.5 Å². The van der Waals surface area contributed by atoms with Gasteiger partial charge in [0, 0.05) is 24.8 Å². The molecule has 0 spiro atoms. The molecule has 28 heavy (non-hydrogen) atoms. The highest BCUT2D eigenvalue weighted by Crippen LogP contribution is 2.18. The maximum atomic E-state index is 12.5. The van der Waals surface area contributed by atoms with Crippen molar-refractivity contribution in [3.63, 3.8) is 0 Å². The molecule has 2 aromatic rings. The minimum absolute atomic E-state index is 0.150. The van der Waals surface area contributed by atoms with Crippen LogP contribution in [-0.4, -0.2) is 38.5 Å². The molecule has 3 rings (SSSR count). The van der Waals surface area contributed by atoms with E-state index < -0.39 is 10.0 Å². The Bertz CT molecular complexity index is 947. The summed E-state index contributed by atoms with van der Waals surface area (Å²) in [5.41, 5.74) is 4.10. The Hall–Kier alpha value is -2.38. The van der Waals surface area contributed by atoms with Crippen molar-refractivity contribution >= 4 is 21.7 Å². The molecule has 150 valence electrons. The molecule has 2 aromatic carbocycles. The van der Waals surface area contributed by atoms with Gasteiger partial charge in [0.1, 0.15) is 0 Å². The highest BCUT2D eigenvalue weighted by atomic mass is 32.2. The molecule has 7 heteroatoms. The molecule has 6 nitrogen and oxygen atoms in total. The number of likely N-dealkylation sites (tertiary alicyclic amines) is 1. The highest BCUT2D eigenvalue weighted by molar-refractivity contribution is 7.89. The van der Waals surface area contributed by atoms with Gasteiger partial charge < -0.3 is 10.2 Å². The van der Waals surface area contributed by atoms with Crippen molar-refractivity contribution in [1.82, 2.24) is 9.62 Å². The third-order valence-electron chi connectivity index (χ3n) is 5.19. The monoisotopic (exact) mass is 401 g/mol. The number of hydrogen-bond acceptors (Lipinski definition) is 3. The number of nitrogens with one attached hydrogen (secondary N) is 2. The molecule has 1 aliphatic heterocycles. The molecule has 2 N–H and O–H groups in total. The Balaban J connectivity index is 1.54. The summed E-state index contributed by atoms with van der Waals surface area (Å²) in [7, 11) is -3.54. The SMILES string of the molecule is Cc1ccc(S(=O)(=O)NC2CCN(C(=O)Nc3ccc(C)c(C)c3)CC2)cc1. The average molecular weight is 402 g/mol. The predicted octanol–water partition coefficient (Wildman–Crippen LogP) is 3.59. The van der Waals surface area contributed by atoms with Crippen LogP contribution < -0.4 is 10.0 Å². The minimum Gasteiger partial charge on any atom is -0.324 e. The number of carbonyl (C=O) groups excluding carboxylic acids is 1. The minimum atomic E-state index is -3.54. The lowest BCUT2D eigenvalue weighted by Crippen LogP contribution is -2.47. The Morgan fingerprint density at radius 2 is 1.61 bits per heavy atom. The first-order valence-corrected chi connectivity index (χ1v) is 10.9. The number of nitrogens with zero attached hydrogens (tertiary/aromatic N) is 1. The van der Waals surface area contributed by atoms with Crippen LogP contribution in [0.25, 0.3) is 0 Å². The molecular formula is C21H27N3O3S. The number of hydrogen-bond donors (Lipinski definition) is 2. The summed E-state index contributed by atoms with van der Waals surface area (Å²) in [6.45, 7) is 6.98. The van der Waals surface area contributed by atoms with Crippen LogP contribution >= 0.6 is 0 Å². The molecule has 2 amide bonds. The Morgan fingerprint density at radius 1 is 0.964 bits per heavy atom. The molecule has 1 fully saturated rings. The van der Waals surface area contributed by atoms with Crippen LogP contribution in [0.15, 0.2) is 47.4 Å². The Morgan fingerprint density at radius 3 is 2.21 bits per heavy atom. The maximum Gasteiger partial charge on any atom is 0.321 e. The molecule has 0 aliphatic carbocycles. The van der Waals surface area contributed by atoms with Crippen molar-refractivity contribution in [3.8, 4) is 0 Å². The number of carbonyl (C=O) groups is 1. The van der Waals surface area contributed by atoms with Crippen LogP contribution in [0, 0.1) is 20.8 Å². The lowest BCUT2D eigenvalue weighted by Gasteiger charge is -2.32. The van der Waals surface area contributed by atoms with Crippen molar-refractivity contribution in [2.45, 2.75) is 44.6 Å². The number of urea groups is 1. The molecule has 0 saturated carbocycles. The van der Waals surface area contributed by atoms with E-state index in [1.54, 1.807) is 29.2 Å². The fraction of sp³-hybridized carbons (Fsp3) is 0.381. The van der Waals surface area contributed by atoms with E-state index in [1.807, 2.05) is 39.0 Å². The van der Waals surface area contributed by atoms with Crippen molar-refractivity contribution in [3.05, 3.63) is 59.2 Å². The zero-order chi connectivity index (χ0) is 20.3. The molecule has 1 aliphatic rings. The van der Waals surface area contributed by atoms with E-state index in [9.17, 15) is 13.2 Å². The largest absolute Gasteiger partial charge is 0.324 e. The first kappa shape index (κ1) is 20.4. The van der Waals surface area contributed by atoms with Gasteiger partial charge in [0.2, 0.25) is 10.0 Å². The van der Waals surface area contributed by atoms with E-state index in [-0.39, 0.29) is 17.0 Å². The van der Waals surface area contributed by atoms with Gasteiger partial charge in [-0.2, -0.15) is 0 Å². The molecule has 1 saturated heterocycles. The van der Waals surface area contributed by atoms with Crippen LogP contribution in [0.5, 0.6) is 0 Å². The van der Waals surface area contributed by atoms with Crippen molar-refractivity contribution in [2.24, 2.45) is 0 Å². The van der Waals surface area contributed by atoms with Crippen molar-refractivity contribution in [1.29, 1.82) is 0 Å².